The quantitative estimate of drug-likeness (QED) is 0.267. The molecule has 204 valence electrons. The fourth-order valence-corrected chi connectivity index (χ4v) is 4.57. The van der Waals surface area contributed by atoms with Gasteiger partial charge in [0.2, 0.25) is 12.7 Å². The highest BCUT2D eigenvalue weighted by Gasteiger charge is 2.31. The Morgan fingerprint density at radius 2 is 1.50 bits per heavy atom. The maximum absolute atomic E-state index is 13.8. The summed E-state index contributed by atoms with van der Waals surface area (Å²) in [6.45, 7) is 0.447. The molecule has 0 bridgehead atoms. The zero-order valence-corrected chi connectivity index (χ0v) is 22.6. The van der Waals surface area contributed by atoms with Crippen molar-refractivity contribution in [3.05, 3.63) is 125 Å². The Hall–Kier alpha value is -4.49. The minimum atomic E-state index is -0.793. The molecule has 4 aromatic carbocycles. The first kappa shape index (κ1) is 27.1. The van der Waals surface area contributed by atoms with Crippen LogP contribution in [0.25, 0.3) is 0 Å². The number of ether oxygens (including phenoxy) is 3. The minimum absolute atomic E-state index is 0.178. The molecule has 4 aromatic rings. The number of hydrogen-bond donors (Lipinski definition) is 1. The number of carbonyl (C=O) groups excluding carboxylic acids is 2. The van der Waals surface area contributed by atoms with Gasteiger partial charge in [-0.1, -0.05) is 78.3 Å². The Balaban J connectivity index is 1.39. The first-order chi connectivity index (χ1) is 19.5. The van der Waals surface area contributed by atoms with Crippen LogP contribution in [0.15, 0.2) is 103 Å². The summed E-state index contributed by atoms with van der Waals surface area (Å²) >= 11 is 6.10. The SMILES string of the molecule is O=C(NCc1ccc2c(c1)OCO2)[C@H](Cc1ccccc1)N(Cc1ccc(Cl)cc1)C(=O)COc1ccccc1. The second-order valence-corrected chi connectivity index (χ2v) is 9.80. The van der Waals surface area contributed by atoms with Gasteiger partial charge >= 0.3 is 0 Å². The van der Waals surface area contributed by atoms with Crippen LogP contribution in [0, 0.1) is 0 Å². The molecule has 1 aliphatic rings. The summed E-state index contributed by atoms with van der Waals surface area (Å²) in [5, 5.41) is 3.62. The largest absolute Gasteiger partial charge is 0.484 e. The molecule has 0 saturated carbocycles. The number of halogens is 1. The minimum Gasteiger partial charge on any atom is -0.484 e. The van der Waals surface area contributed by atoms with E-state index in [1.165, 1.54) is 0 Å². The molecule has 1 N–H and O–H groups in total. The predicted molar refractivity (Wildman–Crippen MR) is 152 cm³/mol. The molecule has 0 radical (unpaired) electrons. The second kappa shape index (κ2) is 13.0. The predicted octanol–water partition coefficient (Wildman–Crippen LogP) is 5.40. The summed E-state index contributed by atoms with van der Waals surface area (Å²) in [6.07, 6.45) is 0.332. The van der Waals surface area contributed by atoms with E-state index in [4.69, 9.17) is 25.8 Å². The average Bonchev–Trinajstić information content (AvgIpc) is 3.46. The third kappa shape index (κ3) is 7.12. The van der Waals surface area contributed by atoms with Crippen molar-refractivity contribution in [1.29, 1.82) is 0 Å². The third-order valence-electron chi connectivity index (χ3n) is 6.55. The van der Waals surface area contributed by atoms with Crippen LogP contribution in [0.4, 0.5) is 0 Å². The fraction of sp³-hybridized carbons (Fsp3) is 0.188. The highest BCUT2D eigenvalue weighted by molar-refractivity contribution is 6.30. The molecule has 0 fully saturated rings. The molecule has 0 aromatic heterocycles. The van der Waals surface area contributed by atoms with Crippen LogP contribution in [0.1, 0.15) is 16.7 Å². The van der Waals surface area contributed by atoms with Gasteiger partial charge in [-0.2, -0.15) is 0 Å². The first-order valence-corrected chi connectivity index (χ1v) is 13.3. The molecule has 8 heteroatoms. The van der Waals surface area contributed by atoms with Crippen LogP contribution in [0.5, 0.6) is 17.2 Å². The molecule has 5 rings (SSSR count). The molecule has 1 heterocycles. The van der Waals surface area contributed by atoms with E-state index in [0.29, 0.717) is 28.7 Å². The fourth-order valence-electron chi connectivity index (χ4n) is 4.44. The molecule has 0 saturated heterocycles. The summed E-state index contributed by atoms with van der Waals surface area (Å²) in [7, 11) is 0. The molecule has 0 unspecified atom stereocenters. The van der Waals surface area contributed by atoms with Crippen molar-refractivity contribution in [2.24, 2.45) is 0 Å². The van der Waals surface area contributed by atoms with E-state index in [1.807, 2.05) is 78.9 Å². The maximum atomic E-state index is 13.8. The van der Waals surface area contributed by atoms with Crippen molar-refractivity contribution < 1.29 is 23.8 Å². The van der Waals surface area contributed by atoms with Crippen molar-refractivity contribution >= 4 is 23.4 Å². The Kier molecular flexibility index (Phi) is 8.83. The lowest BCUT2D eigenvalue weighted by molar-refractivity contribution is -0.142. The van der Waals surface area contributed by atoms with Gasteiger partial charge in [-0.05, 0) is 53.1 Å². The first-order valence-electron chi connectivity index (χ1n) is 13.0. The summed E-state index contributed by atoms with van der Waals surface area (Å²) < 4.78 is 16.6. The summed E-state index contributed by atoms with van der Waals surface area (Å²) in [4.78, 5) is 29.1. The lowest BCUT2D eigenvalue weighted by Crippen LogP contribution is -2.51. The number of nitrogens with one attached hydrogen (secondary N) is 1. The molecular formula is C32H29ClN2O5. The van der Waals surface area contributed by atoms with E-state index in [0.717, 1.165) is 16.7 Å². The Morgan fingerprint density at radius 1 is 0.825 bits per heavy atom. The average molecular weight is 557 g/mol. The van der Waals surface area contributed by atoms with Gasteiger partial charge in [-0.3, -0.25) is 9.59 Å². The lowest BCUT2D eigenvalue weighted by atomic mass is 10.0. The van der Waals surface area contributed by atoms with Crippen LogP contribution < -0.4 is 19.5 Å². The molecule has 2 amide bonds. The maximum Gasteiger partial charge on any atom is 0.261 e. The van der Waals surface area contributed by atoms with Crippen LogP contribution in [0.3, 0.4) is 0 Å². The summed E-state index contributed by atoms with van der Waals surface area (Å²) in [5.74, 6) is 1.32. The zero-order valence-electron chi connectivity index (χ0n) is 21.8. The van der Waals surface area contributed by atoms with Gasteiger partial charge in [-0.25, -0.2) is 0 Å². The topological polar surface area (TPSA) is 77.1 Å². The molecule has 7 nitrogen and oxygen atoms in total. The Bertz CT molecular complexity index is 1430. The second-order valence-electron chi connectivity index (χ2n) is 9.36. The van der Waals surface area contributed by atoms with Crippen LogP contribution in [-0.4, -0.2) is 36.2 Å². The van der Waals surface area contributed by atoms with Crippen LogP contribution >= 0.6 is 11.6 Å². The van der Waals surface area contributed by atoms with Crippen LogP contribution in [-0.2, 0) is 29.1 Å². The van der Waals surface area contributed by atoms with E-state index in [1.54, 1.807) is 29.2 Å². The number of hydrogen-bond acceptors (Lipinski definition) is 5. The lowest BCUT2D eigenvalue weighted by Gasteiger charge is -2.31. The van der Waals surface area contributed by atoms with E-state index < -0.39 is 6.04 Å². The van der Waals surface area contributed by atoms with Gasteiger partial charge < -0.3 is 24.4 Å². The van der Waals surface area contributed by atoms with Crippen molar-refractivity contribution in [2.75, 3.05) is 13.4 Å². The van der Waals surface area contributed by atoms with E-state index in [2.05, 4.69) is 5.32 Å². The number of rotatable bonds is 11. The smallest absolute Gasteiger partial charge is 0.261 e. The van der Waals surface area contributed by atoms with Crippen LogP contribution in [0.2, 0.25) is 5.02 Å². The molecule has 40 heavy (non-hydrogen) atoms. The summed E-state index contributed by atoms with van der Waals surface area (Å²) in [6, 6.07) is 30.8. The molecular weight excluding hydrogens is 528 g/mol. The number of benzene rings is 4. The van der Waals surface area contributed by atoms with Gasteiger partial charge in [0.1, 0.15) is 11.8 Å². The number of amides is 2. The van der Waals surface area contributed by atoms with Crippen molar-refractivity contribution in [1.82, 2.24) is 10.2 Å². The highest BCUT2D eigenvalue weighted by Crippen LogP contribution is 2.32. The van der Waals surface area contributed by atoms with Crippen molar-refractivity contribution in [2.45, 2.75) is 25.6 Å². The Morgan fingerprint density at radius 3 is 2.25 bits per heavy atom. The van der Waals surface area contributed by atoms with Gasteiger partial charge in [0.15, 0.2) is 18.1 Å². The van der Waals surface area contributed by atoms with Gasteiger partial charge in [0, 0.05) is 24.5 Å². The van der Waals surface area contributed by atoms with E-state index >= 15 is 0 Å². The molecule has 1 aliphatic heterocycles. The van der Waals surface area contributed by atoms with Crippen molar-refractivity contribution in [3.63, 3.8) is 0 Å². The van der Waals surface area contributed by atoms with Gasteiger partial charge in [-0.15, -0.1) is 0 Å². The molecule has 0 spiro atoms. The monoisotopic (exact) mass is 556 g/mol. The van der Waals surface area contributed by atoms with Gasteiger partial charge in [0.05, 0.1) is 0 Å². The molecule has 1 atom stereocenters. The number of para-hydroxylation sites is 1. The standard InChI is InChI=1S/C32H29ClN2O5/c33-26-14-11-24(12-15-26)20-35(31(36)21-38-27-9-5-2-6-10-27)28(17-23-7-3-1-4-8-23)32(37)34-19-25-13-16-29-30(18-25)40-22-39-29/h1-16,18,28H,17,19-22H2,(H,34,37)/t28-/m0/s1. The number of fused-ring (bicyclic) bond motifs is 1. The third-order valence-corrected chi connectivity index (χ3v) is 6.80. The van der Waals surface area contributed by atoms with E-state index in [9.17, 15) is 9.59 Å². The summed E-state index contributed by atoms with van der Waals surface area (Å²) in [5.41, 5.74) is 2.64. The van der Waals surface area contributed by atoms with E-state index in [-0.39, 0.29) is 38.3 Å². The zero-order chi connectivity index (χ0) is 27.7. The normalized spacial score (nSPS) is 12.4. The van der Waals surface area contributed by atoms with Crippen molar-refractivity contribution in [3.8, 4) is 17.2 Å². The number of nitrogens with zero attached hydrogens (tertiary/aromatic N) is 1. The van der Waals surface area contributed by atoms with Gasteiger partial charge in [0.25, 0.3) is 5.91 Å². The molecule has 0 aliphatic carbocycles. The number of carbonyl (C=O) groups is 2. The highest BCUT2D eigenvalue weighted by atomic mass is 35.5. The Labute approximate surface area is 238 Å².